The second kappa shape index (κ2) is 7.57. The van der Waals surface area contributed by atoms with Gasteiger partial charge < -0.3 is 15.4 Å². The first-order valence-electron chi connectivity index (χ1n) is 7.17. The Morgan fingerprint density at radius 2 is 2.27 bits per heavy atom. The van der Waals surface area contributed by atoms with Crippen molar-refractivity contribution in [3.8, 4) is 0 Å². The first-order valence-corrected chi connectivity index (χ1v) is 8.71. The molecule has 7 nitrogen and oxygen atoms in total. The Morgan fingerprint density at radius 3 is 2.91 bits per heavy atom. The maximum atomic E-state index is 11.3. The van der Waals surface area contributed by atoms with Gasteiger partial charge in [0.05, 0.1) is 11.0 Å². The van der Waals surface area contributed by atoms with Gasteiger partial charge in [-0.3, -0.25) is 4.99 Å². The molecule has 1 heterocycles. The van der Waals surface area contributed by atoms with Crippen LogP contribution in [0.15, 0.2) is 34.2 Å². The zero-order valence-electron chi connectivity index (χ0n) is 12.6. The van der Waals surface area contributed by atoms with Crippen LogP contribution in [0.1, 0.15) is 18.4 Å². The highest BCUT2D eigenvalue weighted by molar-refractivity contribution is 7.89. The molecule has 8 heteroatoms. The molecule has 1 aliphatic heterocycles. The minimum atomic E-state index is -3.68. The van der Waals surface area contributed by atoms with Gasteiger partial charge >= 0.3 is 0 Å². The first kappa shape index (κ1) is 16.7. The van der Waals surface area contributed by atoms with Gasteiger partial charge in [0.15, 0.2) is 5.96 Å². The van der Waals surface area contributed by atoms with Gasteiger partial charge in [0, 0.05) is 26.7 Å². The number of aliphatic imine (C=N–C) groups is 1. The zero-order chi connectivity index (χ0) is 16.0. The molecule has 1 aliphatic rings. The zero-order valence-corrected chi connectivity index (χ0v) is 13.4. The quantitative estimate of drug-likeness (QED) is 0.529. The Kier molecular flexibility index (Phi) is 5.76. The molecule has 1 saturated heterocycles. The third kappa shape index (κ3) is 4.97. The van der Waals surface area contributed by atoms with E-state index in [9.17, 15) is 8.42 Å². The van der Waals surface area contributed by atoms with Crippen LogP contribution in [0.2, 0.25) is 0 Å². The monoisotopic (exact) mass is 326 g/mol. The fourth-order valence-corrected chi connectivity index (χ4v) is 2.84. The molecule has 2 rings (SSSR count). The molecule has 0 aromatic heterocycles. The number of rotatable bonds is 5. The summed E-state index contributed by atoms with van der Waals surface area (Å²) in [7, 11) is -1.99. The number of benzene rings is 1. The van der Waals surface area contributed by atoms with E-state index in [2.05, 4.69) is 15.6 Å². The lowest BCUT2D eigenvalue weighted by Gasteiger charge is -2.15. The Bertz CT molecular complexity index is 625. The van der Waals surface area contributed by atoms with Gasteiger partial charge in [-0.05, 0) is 30.5 Å². The maximum Gasteiger partial charge on any atom is 0.238 e. The molecular weight excluding hydrogens is 304 g/mol. The van der Waals surface area contributed by atoms with Gasteiger partial charge in [0.2, 0.25) is 10.0 Å². The second-order valence-corrected chi connectivity index (χ2v) is 6.70. The summed E-state index contributed by atoms with van der Waals surface area (Å²) in [5.41, 5.74) is 0.812. The van der Waals surface area contributed by atoms with Crippen LogP contribution < -0.4 is 15.8 Å². The van der Waals surface area contributed by atoms with Crippen molar-refractivity contribution in [1.82, 2.24) is 10.6 Å². The molecule has 1 atom stereocenters. The number of ether oxygens (including phenoxy) is 1. The van der Waals surface area contributed by atoms with Gasteiger partial charge in [-0.2, -0.15) is 0 Å². The van der Waals surface area contributed by atoms with Crippen molar-refractivity contribution in [2.75, 3.05) is 20.2 Å². The Morgan fingerprint density at radius 1 is 1.45 bits per heavy atom. The van der Waals surface area contributed by atoms with Crippen molar-refractivity contribution < 1.29 is 13.2 Å². The number of nitrogens with two attached hydrogens (primary N) is 1. The molecular formula is C14H22N4O3S. The molecule has 0 saturated carbocycles. The van der Waals surface area contributed by atoms with Crippen LogP contribution in [0.5, 0.6) is 0 Å². The molecule has 0 bridgehead atoms. The van der Waals surface area contributed by atoms with Crippen molar-refractivity contribution in [3.63, 3.8) is 0 Å². The van der Waals surface area contributed by atoms with Crippen molar-refractivity contribution in [2.24, 2.45) is 10.1 Å². The number of hydrogen-bond acceptors (Lipinski definition) is 4. The van der Waals surface area contributed by atoms with Crippen molar-refractivity contribution >= 4 is 16.0 Å². The molecule has 0 radical (unpaired) electrons. The van der Waals surface area contributed by atoms with Crippen LogP contribution in [-0.4, -0.2) is 40.7 Å². The summed E-state index contributed by atoms with van der Waals surface area (Å²) in [5, 5.41) is 11.5. The van der Waals surface area contributed by atoms with Crippen molar-refractivity contribution in [2.45, 2.75) is 30.4 Å². The molecule has 22 heavy (non-hydrogen) atoms. The number of guanidine groups is 1. The van der Waals surface area contributed by atoms with E-state index in [4.69, 9.17) is 9.88 Å². The van der Waals surface area contributed by atoms with E-state index in [1.165, 1.54) is 6.07 Å². The number of nitrogens with one attached hydrogen (secondary N) is 2. The summed E-state index contributed by atoms with van der Waals surface area (Å²) < 4.78 is 28.2. The third-order valence-corrected chi connectivity index (χ3v) is 4.34. The SMILES string of the molecule is CN=C(NCc1cccc(S(N)(=O)=O)c1)NCC1CCCO1. The van der Waals surface area contributed by atoms with Crippen LogP contribution in [0.25, 0.3) is 0 Å². The number of sulfonamides is 1. The fraction of sp³-hybridized carbons (Fsp3) is 0.500. The summed E-state index contributed by atoms with van der Waals surface area (Å²) >= 11 is 0. The van der Waals surface area contributed by atoms with E-state index in [1.54, 1.807) is 19.2 Å². The molecule has 1 aromatic rings. The molecule has 1 fully saturated rings. The molecule has 1 unspecified atom stereocenters. The molecule has 0 aliphatic carbocycles. The topological polar surface area (TPSA) is 106 Å². The highest BCUT2D eigenvalue weighted by atomic mass is 32.2. The number of primary sulfonamides is 1. The largest absolute Gasteiger partial charge is 0.376 e. The van der Waals surface area contributed by atoms with Crippen LogP contribution >= 0.6 is 0 Å². The van der Waals surface area contributed by atoms with Gasteiger partial charge in [0.1, 0.15) is 0 Å². The minimum absolute atomic E-state index is 0.106. The van der Waals surface area contributed by atoms with E-state index < -0.39 is 10.0 Å². The van der Waals surface area contributed by atoms with Crippen LogP contribution in [0.3, 0.4) is 0 Å². The first-order chi connectivity index (χ1) is 10.5. The Hall–Kier alpha value is -1.64. The number of hydrogen-bond donors (Lipinski definition) is 3. The minimum Gasteiger partial charge on any atom is -0.376 e. The summed E-state index contributed by atoms with van der Waals surface area (Å²) in [6.45, 7) is 1.98. The van der Waals surface area contributed by atoms with E-state index in [0.717, 1.165) is 25.0 Å². The van der Waals surface area contributed by atoms with E-state index in [0.29, 0.717) is 19.0 Å². The average molecular weight is 326 g/mol. The lowest BCUT2D eigenvalue weighted by Crippen LogP contribution is -2.40. The highest BCUT2D eigenvalue weighted by Gasteiger charge is 2.15. The Balaban J connectivity index is 1.87. The van der Waals surface area contributed by atoms with E-state index in [1.807, 2.05) is 6.07 Å². The summed E-state index contributed by atoms with van der Waals surface area (Å²) in [4.78, 5) is 4.24. The maximum absolute atomic E-state index is 11.3. The van der Waals surface area contributed by atoms with Crippen LogP contribution in [0, 0.1) is 0 Å². The second-order valence-electron chi connectivity index (χ2n) is 5.13. The smallest absolute Gasteiger partial charge is 0.238 e. The molecule has 4 N–H and O–H groups in total. The lowest BCUT2D eigenvalue weighted by atomic mass is 10.2. The fourth-order valence-electron chi connectivity index (χ4n) is 2.25. The lowest BCUT2D eigenvalue weighted by molar-refractivity contribution is 0.114. The highest BCUT2D eigenvalue weighted by Crippen LogP contribution is 2.11. The molecule has 1 aromatic carbocycles. The van der Waals surface area contributed by atoms with Gasteiger partial charge in [0.25, 0.3) is 0 Å². The number of nitrogens with zero attached hydrogens (tertiary/aromatic N) is 1. The van der Waals surface area contributed by atoms with E-state index >= 15 is 0 Å². The predicted molar refractivity (Wildman–Crippen MR) is 85.0 cm³/mol. The average Bonchev–Trinajstić information content (AvgIpc) is 3.00. The normalized spacial score (nSPS) is 19.2. The van der Waals surface area contributed by atoms with Gasteiger partial charge in [-0.25, -0.2) is 13.6 Å². The van der Waals surface area contributed by atoms with Crippen LogP contribution in [-0.2, 0) is 21.3 Å². The predicted octanol–water partition coefficient (Wildman–Crippen LogP) is 0.178. The molecule has 122 valence electrons. The van der Waals surface area contributed by atoms with Gasteiger partial charge in [-0.1, -0.05) is 12.1 Å². The molecule has 0 amide bonds. The standard InChI is InChI=1S/C14H22N4O3S/c1-16-14(18-10-12-5-3-7-21-12)17-9-11-4-2-6-13(8-11)22(15,19)20/h2,4,6,8,12H,3,5,7,9-10H2,1H3,(H2,15,19,20)(H2,16,17,18). The summed E-state index contributed by atoms with van der Waals surface area (Å²) in [6, 6.07) is 6.52. The summed E-state index contributed by atoms with van der Waals surface area (Å²) in [6.07, 6.45) is 2.38. The molecule has 0 spiro atoms. The van der Waals surface area contributed by atoms with Crippen molar-refractivity contribution in [1.29, 1.82) is 0 Å². The Labute approximate surface area is 131 Å². The third-order valence-electron chi connectivity index (χ3n) is 3.43. The van der Waals surface area contributed by atoms with E-state index in [-0.39, 0.29) is 11.0 Å². The summed E-state index contributed by atoms with van der Waals surface area (Å²) in [5.74, 6) is 0.650. The van der Waals surface area contributed by atoms with Gasteiger partial charge in [-0.15, -0.1) is 0 Å². The van der Waals surface area contributed by atoms with Crippen molar-refractivity contribution in [3.05, 3.63) is 29.8 Å². The van der Waals surface area contributed by atoms with Crippen LogP contribution in [0.4, 0.5) is 0 Å².